The number of hydrogen-bond donors (Lipinski definition) is 2. The topological polar surface area (TPSA) is 62.8 Å². The molecule has 3 aromatic carbocycles. The van der Waals surface area contributed by atoms with E-state index in [1.54, 1.807) is 31.4 Å². The van der Waals surface area contributed by atoms with Crippen molar-refractivity contribution >= 4 is 46.2 Å². The zero-order valence-electron chi connectivity index (χ0n) is 19.0. The summed E-state index contributed by atoms with van der Waals surface area (Å²) in [5.74, 6) is 0.357. The second kappa shape index (κ2) is 8.49. The highest BCUT2D eigenvalue weighted by Gasteiger charge is 2.59. The summed E-state index contributed by atoms with van der Waals surface area (Å²) in [7, 11) is 1.60. The van der Waals surface area contributed by atoms with Crippen LogP contribution in [0.5, 0.6) is 11.5 Å². The molecule has 0 saturated carbocycles. The van der Waals surface area contributed by atoms with Crippen LogP contribution in [0.1, 0.15) is 24.1 Å². The summed E-state index contributed by atoms with van der Waals surface area (Å²) in [4.78, 5) is 15.7. The Morgan fingerprint density at radius 2 is 1.91 bits per heavy atom. The van der Waals surface area contributed by atoms with E-state index in [9.17, 15) is 4.79 Å². The van der Waals surface area contributed by atoms with E-state index in [2.05, 4.69) is 10.6 Å². The van der Waals surface area contributed by atoms with Crippen LogP contribution in [0.2, 0.25) is 5.02 Å². The van der Waals surface area contributed by atoms with Crippen LogP contribution < -0.4 is 25.0 Å². The van der Waals surface area contributed by atoms with Crippen LogP contribution in [0, 0.1) is 12.8 Å². The van der Waals surface area contributed by atoms with Crippen LogP contribution in [0.4, 0.5) is 11.4 Å². The van der Waals surface area contributed by atoms with E-state index < -0.39 is 17.7 Å². The lowest BCUT2D eigenvalue weighted by molar-refractivity contribution is -0.130. The van der Waals surface area contributed by atoms with Gasteiger partial charge in [-0.25, -0.2) is 0 Å². The minimum atomic E-state index is -1.13. The van der Waals surface area contributed by atoms with Crippen LogP contribution in [-0.4, -0.2) is 23.9 Å². The number of rotatable bonds is 4. The quantitative estimate of drug-likeness (QED) is 0.471. The Kier molecular flexibility index (Phi) is 5.62. The Labute approximate surface area is 208 Å². The average molecular weight is 494 g/mol. The average Bonchev–Trinajstić information content (AvgIpc) is 2.79. The number of thiocarbonyl (C=S) groups is 1. The van der Waals surface area contributed by atoms with Crippen molar-refractivity contribution in [1.82, 2.24) is 5.32 Å². The van der Waals surface area contributed by atoms with Gasteiger partial charge >= 0.3 is 0 Å². The molecular weight excluding hydrogens is 470 g/mol. The Hall–Kier alpha value is -3.29. The van der Waals surface area contributed by atoms with E-state index in [0.717, 1.165) is 16.8 Å². The third-order valence-corrected chi connectivity index (χ3v) is 6.92. The summed E-state index contributed by atoms with van der Waals surface area (Å²) in [6.45, 7) is 3.91. The maximum absolute atomic E-state index is 13.8. The molecule has 0 radical (unpaired) electrons. The van der Waals surface area contributed by atoms with Gasteiger partial charge in [0.1, 0.15) is 5.92 Å². The molecule has 2 aliphatic heterocycles. The molecule has 6 nitrogen and oxygen atoms in total. The molecule has 2 N–H and O–H groups in total. The summed E-state index contributed by atoms with van der Waals surface area (Å²) in [5, 5.41) is 7.53. The van der Waals surface area contributed by atoms with Crippen molar-refractivity contribution in [3.05, 3.63) is 82.9 Å². The third-order valence-electron chi connectivity index (χ3n) is 6.36. The number of aryl methyl sites for hydroxylation is 1. The zero-order valence-corrected chi connectivity index (χ0v) is 20.5. The van der Waals surface area contributed by atoms with Gasteiger partial charge in [0, 0.05) is 22.0 Å². The molecule has 0 unspecified atom stereocenters. The SMILES string of the molecule is COc1cccc2c1O[C@@]1(C)[C@@H](C(=O)Nc3ccc(Cl)cc3)[C@@H]2NC(=S)N1c1cccc(C)c1. The number of ether oxygens (including phenoxy) is 2. The minimum absolute atomic E-state index is 0.198. The highest BCUT2D eigenvalue weighted by Crippen LogP contribution is 2.52. The predicted octanol–water partition coefficient (Wildman–Crippen LogP) is 5.46. The van der Waals surface area contributed by atoms with Crippen molar-refractivity contribution in [2.45, 2.75) is 25.6 Å². The van der Waals surface area contributed by atoms with E-state index in [4.69, 9.17) is 33.3 Å². The fourth-order valence-electron chi connectivity index (χ4n) is 4.84. The van der Waals surface area contributed by atoms with Gasteiger partial charge < -0.3 is 20.1 Å². The minimum Gasteiger partial charge on any atom is -0.493 e. The lowest BCUT2D eigenvalue weighted by atomic mass is 9.78. The van der Waals surface area contributed by atoms with E-state index in [1.165, 1.54) is 0 Å². The van der Waals surface area contributed by atoms with Gasteiger partial charge in [-0.2, -0.15) is 0 Å². The summed E-state index contributed by atoms with van der Waals surface area (Å²) in [6.07, 6.45) is 0. The molecule has 2 heterocycles. The maximum atomic E-state index is 13.8. The van der Waals surface area contributed by atoms with E-state index in [0.29, 0.717) is 27.3 Å². The monoisotopic (exact) mass is 493 g/mol. The number of methoxy groups -OCH3 is 1. The molecule has 0 spiro atoms. The van der Waals surface area contributed by atoms with Crippen LogP contribution in [0.15, 0.2) is 66.7 Å². The predicted molar refractivity (Wildman–Crippen MR) is 138 cm³/mol. The van der Waals surface area contributed by atoms with Crippen molar-refractivity contribution < 1.29 is 14.3 Å². The van der Waals surface area contributed by atoms with E-state index in [-0.39, 0.29) is 5.91 Å². The normalized spacial score (nSPS) is 22.8. The number of hydrogen-bond acceptors (Lipinski definition) is 4. The van der Waals surface area contributed by atoms with E-state index in [1.807, 2.05) is 61.2 Å². The number of halogens is 1. The Morgan fingerprint density at radius 3 is 2.62 bits per heavy atom. The largest absolute Gasteiger partial charge is 0.493 e. The molecule has 1 saturated heterocycles. The molecule has 3 aromatic rings. The molecule has 0 aliphatic carbocycles. The summed E-state index contributed by atoms with van der Waals surface area (Å²) >= 11 is 11.8. The van der Waals surface area contributed by atoms with Gasteiger partial charge in [-0.15, -0.1) is 0 Å². The number of fused-ring (bicyclic) bond motifs is 4. The van der Waals surface area contributed by atoms with Crippen molar-refractivity contribution in [3.8, 4) is 11.5 Å². The van der Waals surface area contributed by atoms with Crippen molar-refractivity contribution in [2.24, 2.45) is 5.92 Å². The van der Waals surface area contributed by atoms with Crippen LogP contribution >= 0.6 is 23.8 Å². The van der Waals surface area contributed by atoms with Crippen LogP contribution in [-0.2, 0) is 4.79 Å². The first-order chi connectivity index (χ1) is 16.3. The fourth-order valence-corrected chi connectivity index (χ4v) is 5.38. The molecule has 1 amide bonds. The third kappa shape index (κ3) is 3.65. The lowest BCUT2D eigenvalue weighted by Crippen LogP contribution is -2.72. The van der Waals surface area contributed by atoms with Crippen LogP contribution in [0.25, 0.3) is 0 Å². The Bertz CT molecular complexity index is 1280. The number of carbonyl (C=O) groups excluding carboxylic acids is 1. The first-order valence-electron chi connectivity index (χ1n) is 10.9. The molecule has 0 aromatic heterocycles. The second-order valence-corrected chi connectivity index (χ2v) is 9.43. The van der Waals surface area contributed by atoms with Gasteiger partial charge in [0.05, 0.1) is 13.2 Å². The summed E-state index contributed by atoms with van der Waals surface area (Å²) in [6, 6.07) is 20.2. The fraction of sp³-hybridized carbons (Fsp3) is 0.231. The molecule has 2 bridgehead atoms. The van der Waals surface area contributed by atoms with Gasteiger partial charge in [0.15, 0.2) is 22.3 Å². The van der Waals surface area contributed by atoms with Gasteiger partial charge in [-0.05, 0) is 74.1 Å². The van der Waals surface area contributed by atoms with Gasteiger partial charge in [-0.3, -0.25) is 9.69 Å². The number of anilines is 2. The molecule has 174 valence electrons. The zero-order chi connectivity index (χ0) is 24.0. The first kappa shape index (κ1) is 22.5. The highest BCUT2D eigenvalue weighted by molar-refractivity contribution is 7.80. The number of benzene rings is 3. The van der Waals surface area contributed by atoms with Crippen LogP contribution in [0.3, 0.4) is 0 Å². The van der Waals surface area contributed by atoms with Crippen molar-refractivity contribution in [2.75, 3.05) is 17.3 Å². The number of nitrogens with one attached hydrogen (secondary N) is 2. The van der Waals surface area contributed by atoms with Crippen molar-refractivity contribution in [3.63, 3.8) is 0 Å². The highest BCUT2D eigenvalue weighted by atomic mass is 35.5. The summed E-state index contributed by atoms with van der Waals surface area (Å²) < 4.78 is 12.3. The van der Waals surface area contributed by atoms with E-state index >= 15 is 0 Å². The lowest BCUT2D eigenvalue weighted by Gasteiger charge is -2.56. The molecular formula is C26H24ClN3O3S. The first-order valence-corrected chi connectivity index (χ1v) is 11.7. The molecule has 5 rings (SSSR count). The summed E-state index contributed by atoms with van der Waals surface area (Å²) in [5.41, 5.74) is 2.25. The maximum Gasteiger partial charge on any atom is 0.236 e. The molecule has 3 atom stereocenters. The smallest absolute Gasteiger partial charge is 0.236 e. The molecule has 2 aliphatic rings. The van der Waals surface area contributed by atoms with Gasteiger partial charge in [0.25, 0.3) is 0 Å². The number of carbonyl (C=O) groups is 1. The number of para-hydroxylation sites is 1. The standard InChI is InChI=1S/C26H24ClN3O3S/c1-15-6-4-7-18(14-15)30-25(34)29-22-19-8-5-9-20(32-3)23(19)33-26(30,2)21(22)24(31)28-17-12-10-16(27)11-13-17/h4-14,21-22H,1-3H3,(H,28,31)(H,29,34)/t21-,22-,26+/m1/s1. The van der Waals surface area contributed by atoms with Gasteiger partial charge in [0.2, 0.25) is 5.91 Å². The second-order valence-electron chi connectivity index (χ2n) is 8.61. The van der Waals surface area contributed by atoms with Gasteiger partial charge in [-0.1, -0.05) is 35.9 Å². The number of amides is 1. The molecule has 8 heteroatoms. The Balaban J connectivity index is 1.65. The molecule has 1 fully saturated rings. The molecule has 34 heavy (non-hydrogen) atoms. The Morgan fingerprint density at radius 1 is 1.18 bits per heavy atom. The number of nitrogens with zero attached hydrogens (tertiary/aromatic N) is 1. The van der Waals surface area contributed by atoms with Crippen molar-refractivity contribution in [1.29, 1.82) is 0 Å².